The van der Waals surface area contributed by atoms with Crippen molar-refractivity contribution in [2.24, 2.45) is 5.92 Å². The van der Waals surface area contributed by atoms with E-state index in [0.29, 0.717) is 11.8 Å². The van der Waals surface area contributed by atoms with Gasteiger partial charge in [-0.3, -0.25) is 0 Å². The van der Waals surface area contributed by atoms with Crippen molar-refractivity contribution in [3.8, 4) is 0 Å². The summed E-state index contributed by atoms with van der Waals surface area (Å²) >= 11 is 5.80. The average molecular weight is 267 g/mol. The molecule has 1 atom stereocenters. The second-order valence-electron chi connectivity index (χ2n) is 4.58. The molecule has 1 unspecified atom stereocenters. The summed E-state index contributed by atoms with van der Waals surface area (Å²) in [7, 11) is 0. The van der Waals surface area contributed by atoms with Crippen molar-refractivity contribution in [1.29, 1.82) is 0 Å². The molecule has 0 radical (unpaired) electrons. The molecule has 5 heteroatoms. The fourth-order valence-corrected chi connectivity index (χ4v) is 2.34. The van der Waals surface area contributed by atoms with Crippen LogP contribution < -0.4 is 5.32 Å². The first-order chi connectivity index (χ1) is 8.74. The van der Waals surface area contributed by atoms with Gasteiger partial charge in [0.1, 0.15) is 12.1 Å². The predicted octanol–water partition coefficient (Wildman–Crippen LogP) is 3.10. The maximum absolute atomic E-state index is 5.80. The monoisotopic (exact) mass is 266 g/mol. The van der Waals surface area contributed by atoms with Gasteiger partial charge in [0, 0.05) is 12.4 Å². The largest absolute Gasteiger partial charge is 0.370 e. The minimum atomic E-state index is 0.599. The number of rotatable bonds is 6. The summed E-state index contributed by atoms with van der Waals surface area (Å²) in [6, 6.07) is 4.11. The zero-order chi connectivity index (χ0) is 13.0. The van der Waals surface area contributed by atoms with E-state index in [4.69, 9.17) is 11.6 Å². The molecule has 2 rings (SSSR count). The van der Waals surface area contributed by atoms with Gasteiger partial charge in [-0.25, -0.2) is 4.98 Å². The van der Waals surface area contributed by atoms with Crippen molar-refractivity contribution < 1.29 is 0 Å². The maximum atomic E-state index is 5.80. The van der Waals surface area contributed by atoms with Gasteiger partial charge >= 0.3 is 0 Å². The smallest absolute Gasteiger partial charge is 0.157 e. The Morgan fingerprint density at radius 2 is 2.28 bits per heavy atom. The van der Waals surface area contributed by atoms with Crippen LogP contribution in [0.15, 0.2) is 18.5 Å². The quantitative estimate of drug-likeness (QED) is 0.817. The second-order valence-corrected chi connectivity index (χ2v) is 4.96. The summed E-state index contributed by atoms with van der Waals surface area (Å²) in [6.45, 7) is 5.18. The van der Waals surface area contributed by atoms with Crippen LogP contribution >= 0.6 is 11.6 Å². The molecule has 0 bridgehead atoms. The van der Waals surface area contributed by atoms with Gasteiger partial charge in [0.25, 0.3) is 0 Å². The van der Waals surface area contributed by atoms with E-state index in [9.17, 15) is 0 Å². The number of aromatic nitrogens is 3. The number of anilines is 1. The Balaban J connectivity index is 2.13. The zero-order valence-corrected chi connectivity index (χ0v) is 11.6. The van der Waals surface area contributed by atoms with Gasteiger partial charge < -0.3 is 5.32 Å². The number of nitrogens with one attached hydrogen (secondary N) is 1. The topological polar surface area (TPSA) is 42.2 Å². The fraction of sp³-hybridized carbons (Fsp3) is 0.538. The standard InChI is InChI=1S/C13H19ClN4/c1-3-11(4-5-14)8-15-12-6-10(2)7-13-16-9-17-18(12)13/h6-7,9,11,15H,3-5,8H2,1-2H3. The lowest BCUT2D eigenvalue weighted by molar-refractivity contribution is 0.520. The first-order valence-electron chi connectivity index (χ1n) is 6.34. The van der Waals surface area contributed by atoms with Crippen LogP contribution in [-0.4, -0.2) is 27.0 Å². The molecule has 0 spiro atoms. The minimum Gasteiger partial charge on any atom is -0.370 e. The molecule has 0 saturated heterocycles. The number of aryl methyl sites for hydroxylation is 1. The molecular formula is C13H19ClN4. The normalized spacial score (nSPS) is 12.8. The molecule has 0 aromatic carbocycles. The molecule has 4 nitrogen and oxygen atoms in total. The Morgan fingerprint density at radius 3 is 3.00 bits per heavy atom. The summed E-state index contributed by atoms with van der Waals surface area (Å²) in [4.78, 5) is 4.21. The number of hydrogen-bond donors (Lipinski definition) is 1. The van der Waals surface area contributed by atoms with Crippen molar-refractivity contribution >= 4 is 23.1 Å². The van der Waals surface area contributed by atoms with Crippen molar-refractivity contribution in [1.82, 2.24) is 14.6 Å². The number of pyridine rings is 1. The average Bonchev–Trinajstić information content (AvgIpc) is 2.82. The van der Waals surface area contributed by atoms with E-state index in [2.05, 4.69) is 35.3 Å². The Kier molecular flexibility index (Phi) is 4.42. The predicted molar refractivity (Wildman–Crippen MR) is 75.3 cm³/mol. The number of hydrogen-bond acceptors (Lipinski definition) is 3. The molecule has 0 aliphatic rings. The van der Waals surface area contributed by atoms with Gasteiger partial charge in [0.05, 0.1) is 0 Å². The summed E-state index contributed by atoms with van der Waals surface area (Å²) < 4.78 is 1.83. The third-order valence-electron chi connectivity index (χ3n) is 3.19. The summed E-state index contributed by atoms with van der Waals surface area (Å²) in [5.74, 6) is 2.31. The lowest BCUT2D eigenvalue weighted by atomic mass is 10.0. The van der Waals surface area contributed by atoms with E-state index in [0.717, 1.165) is 30.9 Å². The molecule has 1 N–H and O–H groups in total. The maximum Gasteiger partial charge on any atom is 0.157 e. The zero-order valence-electron chi connectivity index (χ0n) is 10.9. The first-order valence-corrected chi connectivity index (χ1v) is 6.88. The summed E-state index contributed by atoms with van der Waals surface area (Å²) in [6.07, 6.45) is 3.75. The van der Waals surface area contributed by atoms with E-state index in [-0.39, 0.29) is 0 Å². The van der Waals surface area contributed by atoms with Crippen LogP contribution in [0.5, 0.6) is 0 Å². The lowest BCUT2D eigenvalue weighted by Crippen LogP contribution is -2.16. The lowest BCUT2D eigenvalue weighted by Gasteiger charge is -2.16. The third kappa shape index (κ3) is 2.93. The number of alkyl halides is 1. The van der Waals surface area contributed by atoms with Gasteiger partial charge in [-0.05, 0) is 37.0 Å². The van der Waals surface area contributed by atoms with Crippen LogP contribution in [0.4, 0.5) is 5.82 Å². The summed E-state index contributed by atoms with van der Waals surface area (Å²) in [5.41, 5.74) is 2.06. The minimum absolute atomic E-state index is 0.599. The first kappa shape index (κ1) is 13.1. The second kappa shape index (κ2) is 6.05. The van der Waals surface area contributed by atoms with Gasteiger partial charge in [-0.1, -0.05) is 13.3 Å². The molecule has 98 valence electrons. The van der Waals surface area contributed by atoms with Gasteiger partial charge in [0.2, 0.25) is 0 Å². The highest BCUT2D eigenvalue weighted by Crippen LogP contribution is 2.15. The number of nitrogens with zero attached hydrogens (tertiary/aromatic N) is 3. The van der Waals surface area contributed by atoms with E-state index in [1.54, 1.807) is 6.33 Å². The van der Waals surface area contributed by atoms with Crippen LogP contribution in [0.2, 0.25) is 0 Å². The Labute approximate surface area is 112 Å². The molecule has 2 aromatic rings. The number of halogens is 1. The molecule has 2 heterocycles. The van der Waals surface area contributed by atoms with Crippen molar-refractivity contribution in [3.63, 3.8) is 0 Å². The van der Waals surface area contributed by atoms with Crippen molar-refractivity contribution in [2.75, 3.05) is 17.7 Å². The van der Waals surface area contributed by atoms with Gasteiger partial charge in [0.15, 0.2) is 5.65 Å². The Bertz CT molecular complexity index is 509. The van der Waals surface area contributed by atoms with Crippen LogP contribution in [0.1, 0.15) is 25.3 Å². The van der Waals surface area contributed by atoms with Crippen LogP contribution in [-0.2, 0) is 0 Å². The third-order valence-corrected chi connectivity index (χ3v) is 3.41. The van der Waals surface area contributed by atoms with E-state index in [1.807, 2.05) is 10.6 Å². The molecular weight excluding hydrogens is 248 g/mol. The molecule has 0 fully saturated rings. The summed E-state index contributed by atoms with van der Waals surface area (Å²) in [5, 5.41) is 7.68. The van der Waals surface area contributed by atoms with E-state index in [1.165, 1.54) is 5.56 Å². The van der Waals surface area contributed by atoms with Gasteiger partial charge in [-0.15, -0.1) is 11.6 Å². The molecule has 2 aromatic heterocycles. The Hall–Kier alpha value is -1.29. The van der Waals surface area contributed by atoms with Crippen LogP contribution in [0.25, 0.3) is 5.65 Å². The van der Waals surface area contributed by atoms with Crippen LogP contribution in [0.3, 0.4) is 0 Å². The van der Waals surface area contributed by atoms with Crippen molar-refractivity contribution in [3.05, 3.63) is 24.0 Å². The highest BCUT2D eigenvalue weighted by atomic mass is 35.5. The van der Waals surface area contributed by atoms with Crippen LogP contribution in [0, 0.1) is 12.8 Å². The highest BCUT2D eigenvalue weighted by molar-refractivity contribution is 6.17. The number of fused-ring (bicyclic) bond motifs is 1. The molecule has 0 saturated carbocycles. The molecule has 0 aliphatic heterocycles. The fourth-order valence-electron chi connectivity index (χ4n) is 2.04. The van der Waals surface area contributed by atoms with E-state index >= 15 is 0 Å². The molecule has 18 heavy (non-hydrogen) atoms. The van der Waals surface area contributed by atoms with Gasteiger partial charge in [-0.2, -0.15) is 9.61 Å². The SMILES string of the molecule is CCC(CCCl)CNc1cc(C)cc2ncnn12. The van der Waals surface area contributed by atoms with Crippen molar-refractivity contribution in [2.45, 2.75) is 26.7 Å². The van der Waals surface area contributed by atoms with E-state index < -0.39 is 0 Å². The molecule has 0 amide bonds. The highest BCUT2D eigenvalue weighted by Gasteiger charge is 2.08. The Morgan fingerprint density at radius 1 is 1.44 bits per heavy atom. The molecule has 0 aliphatic carbocycles.